The van der Waals surface area contributed by atoms with Gasteiger partial charge in [0.2, 0.25) is 5.91 Å². The topological polar surface area (TPSA) is 88.8 Å². The SMILES string of the molecule is CN(C(=O)CCc1nc2ccccc2[nH]1)C1CCc2nn(C)c(=O)n2CC1. The number of fused-ring (bicyclic) bond motifs is 2. The highest BCUT2D eigenvalue weighted by molar-refractivity contribution is 5.77. The Bertz CT molecular complexity index is 997. The van der Waals surface area contributed by atoms with Gasteiger partial charge < -0.3 is 9.88 Å². The van der Waals surface area contributed by atoms with E-state index >= 15 is 0 Å². The van der Waals surface area contributed by atoms with Gasteiger partial charge >= 0.3 is 5.69 Å². The molecule has 0 bridgehead atoms. The largest absolute Gasteiger partial charge is 0.345 e. The van der Waals surface area contributed by atoms with Crippen molar-refractivity contribution in [2.45, 2.75) is 44.7 Å². The van der Waals surface area contributed by atoms with E-state index in [2.05, 4.69) is 15.1 Å². The van der Waals surface area contributed by atoms with Crippen LogP contribution in [0, 0.1) is 0 Å². The van der Waals surface area contributed by atoms with Crippen molar-refractivity contribution in [1.82, 2.24) is 29.2 Å². The molecule has 1 amide bonds. The highest BCUT2D eigenvalue weighted by Gasteiger charge is 2.25. The van der Waals surface area contributed by atoms with Gasteiger partial charge in [0.25, 0.3) is 0 Å². The molecule has 0 fully saturated rings. The molecular formula is C19H24N6O2. The lowest BCUT2D eigenvalue weighted by atomic mass is 10.1. The molecule has 3 aromatic rings. The predicted molar refractivity (Wildman–Crippen MR) is 101 cm³/mol. The van der Waals surface area contributed by atoms with E-state index in [0.29, 0.717) is 25.8 Å². The van der Waals surface area contributed by atoms with Crippen molar-refractivity contribution >= 4 is 16.9 Å². The van der Waals surface area contributed by atoms with Crippen molar-refractivity contribution in [3.63, 3.8) is 0 Å². The van der Waals surface area contributed by atoms with Gasteiger partial charge in [-0.1, -0.05) is 12.1 Å². The molecule has 1 aliphatic heterocycles. The minimum absolute atomic E-state index is 0.0792. The lowest BCUT2D eigenvalue weighted by Crippen LogP contribution is -2.38. The number of hydrogen-bond acceptors (Lipinski definition) is 4. The minimum Gasteiger partial charge on any atom is -0.343 e. The Labute approximate surface area is 156 Å². The summed E-state index contributed by atoms with van der Waals surface area (Å²) in [6.45, 7) is 0.605. The Balaban J connectivity index is 1.37. The van der Waals surface area contributed by atoms with Crippen LogP contribution >= 0.6 is 0 Å². The summed E-state index contributed by atoms with van der Waals surface area (Å²) in [7, 11) is 3.53. The van der Waals surface area contributed by atoms with Gasteiger partial charge in [0.15, 0.2) is 0 Å². The molecule has 1 unspecified atom stereocenters. The molecule has 0 radical (unpaired) electrons. The number of aromatic amines is 1. The Morgan fingerprint density at radius 3 is 2.96 bits per heavy atom. The fourth-order valence-electron chi connectivity index (χ4n) is 3.80. The van der Waals surface area contributed by atoms with Gasteiger partial charge in [0.1, 0.15) is 11.6 Å². The number of para-hydroxylation sites is 2. The van der Waals surface area contributed by atoms with Gasteiger partial charge in [-0.25, -0.2) is 14.5 Å². The van der Waals surface area contributed by atoms with Gasteiger partial charge in [-0.05, 0) is 25.0 Å². The molecule has 2 aromatic heterocycles. The first kappa shape index (κ1) is 17.5. The van der Waals surface area contributed by atoms with Crippen LogP contribution in [0.3, 0.4) is 0 Å². The lowest BCUT2D eigenvalue weighted by Gasteiger charge is -2.27. The summed E-state index contributed by atoms with van der Waals surface area (Å²) in [4.78, 5) is 34.4. The number of aryl methyl sites for hydroxylation is 3. The maximum absolute atomic E-state index is 12.7. The highest BCUT2D eigenvalue weighted by atomic mass is 16.2. The molecular weight excluding hydrogens is 344 g/mol. The van der Waals surface area contributed by atoms with Crippen molar-refractivity contribution in [3.8, 4) is 0 Å². The van der Waals surface area contributed by atoms with Crippen molar-refractivity contribution < 1.29 is 4.79 Å². The smallest absolute Gasteiger partial charge is 0.343 e. The summed E-state index contributed by atoms with van der Waals surface area (Å²) in [5, 5.41) is 4.30. The summed E-state index contributed by atoms with van der Waals surface area (Å²) >= 11 is 0. The Hall–Kier alpha value is -2.90. The number of hydrogen-bond donors (Lipinski definition) is 1. The third-order valence-corrected chi connectivity index (χ3v) is 5.43. The van der Waals surface area contributed by atoms with Gasteiger partial charge in [0.05, 0.1) is 11.0 Å². The summed E-state index contributed by atoms with van der Waals surface area (Å²) in [5.41, 5.74) is 1.84. The molecule has 0 saturated carbocycles. The van der Waals surface area contributed by atoms with Crippen LogP contribution in [0.5, 0.6) is 0 Å². The van der Waals surface area contributed by atoms with E-state index < -0.39 is 0 Å². The van der Waals surface area contributed by atoms with Crippen LogP contribution in [0.25, 0.3) is 11.0 Å². The van der Waals surface area contributed by atoms with Crippen LogP contribution in [-0.4, -0.2) is 48.2 Å². The first-order valence-corrected chi connectivity index (χ1v) is 9.35. The zero-order valence-corrected chi connectivity index (χ0v) is 15.7. The Morgan fingerprint density at radius 2 is 2.15 bits per heavy atom. The van der Waals surface area contributed by atoms with Gasteiger partial charge in [-0.15, -0.1) is 0 Å². The van der Waals surface area contributed by atoms with Gasteiger partial charge in [0, 0.05) is 45.9 Å². The summed E-state index contributed by atoms with van der Waals surface area (Å²) in [6.07, 6.45) is 3.31. The number of amides is 1. The molecule has 1 aliphatic rings. The van der Waals surface area contributed by atoms with Crippen LogP contribution < -0.4 is 5.69 Å². The first-order valence-electron chi connectivity index (χ1n) is 9.35. The molecule has 1 aromatic carbocycles. The third-order valence-electron chi connectivity index (χ3n) is 5.43. The van der Waals surface area contributed by atoms with E-state index in [-0.39, 0.29) is 17.6 Å². The number of rotatable bonds is 4. The fraction of sp³-hybridized carbons (Fsp3) is 0.474. The molecule has 8 nitrogen and oxygen atoms in total. The Kier molecular flexibility index (Phi) is 4.55. The highest BCUT2D eigenvalue weighted by Crippen LogP contribution is 2.18. The average Bonchev–Trinajstić information content (AvgIpc) is 3.12. The van der Waals surface area contributed by atoms with Gasteiger partial charge in [-0.2, -0.15) is 5.10 Å². The van der Waals surface area contributed by atoms with E-state index in [4.69, 9.17) is 0 Å². The standard InChI is InChI=1S/C19H24N6O2/c1-23(13-7-9-17-22-24(2)19(27)25(17)12-11-13)18(26)10-8-16-20-14-5-3-4-6-15(14)21-16/h3-6,13H,7-12H2,1-2H3,(H,20,21). The van der Waals surface area contributed by atoms with E-state index in [0.717, 1.165) is 35.5 Å². The summed E-state index contributed by atoms with van der Waals surface area (Å²) in [6, 6.07) is 7.99. The van der Waals surface area contributed by atoms with Crippen molar-refractivity contribution in [1.29, 1.82) is 0 Å². The number of aromatic nitrogens is 5. The third kappa shape index (κ3) is 3.39. The van der Waals surface area contributed by atoms with Crippen LogP contribution in [0.2, 0.25) is 0 Å². The molecule has 1 N–H and O–H groups in total. The maximum atomic E-state index is 12.7. The fourth-order valence-corrected chi connectivity index (χ4v) is 3.80. The molecule has 3 heterocycles. The zero-order valence-electron chi connectivity index (χ0n) is 15.7. The van der Waals surface area contributed by atoms with Crippen LogP contribution in [0.1, 0.15) is 30.9 Å². The van der Waals surface area contributed by atoms with E-state index in [9.17, 15) is 9.59 Å². The number of carbonyl (C=O) groups excluding carboxylic acids is 1. The minimum atomic E-state index is -0.0792. The van der Waals surface area contributed by atoms with E-state index in [1.165, 1.54) is 4.68 Å². The van der Waals surface area contributed by atoms with Crippen molar-refractivity contribution in [3.05, 3.63) is 46.4 Å². The summed E-state index contributed by atoms with van der Waals surface area (Å²) < 4.78 is 3.12. The van der Waals surface area contributed by atoms with Gasteiger partial charge in [-0.3, -0.25) is 9.36 Å². The predicted octanol–water partition coefficient (Wildman–Crippen LogP) is 1.25. The summed E-state index contributed by atoms with van der Waals surface area (Å²) in [5.74, 6) is 1.75. The number of nitrogens with zero attached hydrogens (tertiary/aromatic N) is 5. The maximum Gasteiger partial charge on any atom is 0.345 e. The van der Waals surface area contributed by atoms with E-state index in [1.807, 2.05) is 36.2 Å². The quantitative estimate of drug-likeness (QED) is 0.751. The van der Waals surface area contributed by atoms with Crippen LogP contribution in [0.4, 0.5) is 0 Å². The average molecular weight is 368 g/mol. The lowest BCUT2D eigenvalue weighted by molar-refractivity contribution is -0.132. The number of benzene rings is 1. The zero-order chi connectivity index (χ0) is 19.0. The molecule has 142 valence electrons. The first-order chi connectivity index (χ1) is 13.0. The monoisotopic (exact) mass is 368 g/mol. The second-order valence-electron chi connectivity index (χ2n) is 7.16. The molecule has 1 atom stereocenters. The number of carbonyl (C=O) groups is 1. The molecule has 0 saturated heterocycles. The second kappa shape index (κ2) is 7.02. The molecule has 0 aliphatic carbocycles. The Morgan fingerprint density at radius 1 is 1.33 bits per heavy atom. The van der Waals surface area contributed by atoms with Crippen LogP contribution in [-0.2, 0) is 31.2 Å². The number of nitrogens with one attached hydrogen (secondary N) is 1. The normalized spacial score (nSPS) is 16.9. The number of imidazole rings is 1. The van der Waals surface area contributed by atoms with Crippen molar-refractivity contribution in [2.24, 2.45) is 7.05 Å². The van der Waals surface area contributed by atoms with Crippen LogP contribution in [0.15, 0.2) is 29.1 Å². The molecule has 27 heavy (non-hydrogen) atoms. The van der Waals surface area contributed by atoms with Crippen molar-refractivity contribution in [2.75, 3.05) is 7.05 Å². The molecule has 8 heteroatoms. The second-order valence-corrected chi connectivity index (χ2v) is 7.16. The molecule has 0 spiro atoms. The van der Waals surface area contributed by atoms with E-state index in [1.54, 1.807) is 11.6 Å². The number of H-pyrrole nitrogens is 1. The molecule has 4 rings (SSSR count).